The molecule has 1 aliphatic rings. The van der Waals surface area contributed by atoms with Gasteiger partial charge in [-0.1, -0.05) is 30.3 Å². The second-order valence-corrected chi connectivity index (χ2v) is 5.23. The summed E-state index contributed by atoms with van der Waals surface area (Å²) in [6, 6.07) is 10.1. The van der Waals surface area contributed by atoms with Gasteiger partial charge in [-0.3, -0.25) is 9.69 Å². The molecule has 2 N–H and O–H groups in total. The van der Waals surface area contributed by atoms with Gasteiger partial charge in [-0.05, 0) is 18.9 Å². The number of rotatable bonds is 3. The number of carbonyl (C=O) groups excluding carboxylic acids is 1. The highest BCUT2D eigenvalue weighted by Crippen LogP contribution is 2.09. The molecule has 2 rings (SSSR count). The predicted octanol–water partition coefficient (Wildman–Crippen LogP) is 1.91. The van der Waals surface area contributed by atoms with E-state index in [1.165, 1.54) is 5.56 Å². The van der Waals surface area contributed by atoms with Crippen LogP contribution in [0.2, 0.25) is 0 Å². The van der Waals surface area contributed by atoms with Gasteiger partial charge in [-0.2, -0.15) is 0 Å². The van der Waals surface area contributed by atoms with Crippen molar-refractivity contribution in [2.45, 2.75) is 25.9 Å². The Labute approximate surface area is 139 Å². The molecule has 0 aromatic heterocycles. The fourth-order valence-electron chi connectivity index (χ4n) is 2.48. The first kappa shape index (κ1) is 20.2. The number of amides is 1. The molecule has 6 heteroatoms. The Balaban J connectivity index is 0.00000200. The van der Waals surface area contributed by atoms with Gasteiger partial charge in [-0.15, -0.1) is 24.8 Å². The van der Waals surface area contributed by atoms with E-state index in [-0.39, 0.29) is 36.8 Å². The third kappa shape index (κ3) is 6.22. The number of hydrogen-bond donors (Lipinski definition) is 1. The Morgan fingerprint density at radius 2 is 1.81 bits per heavy atom. The van der Waals surface area contributed by atoms with Crippen LogP contribution in [-0.2, 0) is 11.3 Å². The molecule has 0 aliphatic carbocycles. The van der Waals surface area contributed by atoms with Gasteiger partial charge in [0.2, 0.25) is 5.91 Å². The number of carbonyl (C=O) groups is 1. The summed E-state index contributed by atoms with van der Waals surface area (Å²) in [6.07, 6.45) is 1.02. The first-order valence-electron chi connectivity index (χ1n) is 6.97. The maximum atomic E-state index is 11.9. The first-order valence-corrected chi connectivity index (χ1v) is 6.97. The Morgan fingerprint density at radius 1 is 1.14 bits per heavy atom. The molecule has 1 aromatic carbocycles. The van der Waals surface area contributed by atoms with Crippen molar-refractivity contribution in [2.75, 3.05) is 26.2 Å². The lowest BCUT2D eigenvalue weighted by atomic mass is 10.2. The molecule has 4 nitrogen and oxygen atoms in total. The number of nitrogens with zero attached hydrogens (tertiary/aromatic N) is 2. The SMILES string of the molecule is C[C@H](N)C(=O)N1CCCN(Cc2ccccc2)CC1.Cl.Cl. The smallest absolute Gasteiger partial charge is 0.239 e. The summed E-state index contributed by atoms with van der Waals surface area (Å²) in [5.41, 5.74) is 7.00. The third-order valence-electron chi connectivity index (χ3n) is 3.54. The molecule has 1 aromatic rings. The Kier molecular flexibility index (Phi) is 9.62. The van der Waals surface area contributed by atoms with Crippen LogP contribution >= 0.6 is 24.8 Å². The van der Waals surface area contributed by atoms with E-state index in [1.54, 1.807) is 6.92 Å². The molecular formula is C15H25Cl2N3O. The molecule has 1 atom stereocenters. The van der Waals surface area contributed by atoms with Gasteiger partial charge in [0.1, 0.15) is 0 Å². The Hall–Kier alpha value is -0.810. The highest BCUT2D eigenvalue weighted by Gasteiger charge is 2.21. The second kappa shape index (κ2) is 10.0. The molecular weight excluding hydrogens is 309 g/mol. The lowest BCUT2D eigenvalue weighted by Gasteiger charge is -2.23. The maximum Gasteiger partial charge on any atom is 0.239 e. The van der Waals surface area contributed by atoms with Crippen LogP contribution in [0.4, 0.5) is 0 Å². The summed E-state index contributed by atoms with van der Waals surface area (Å²) < 4.78 is 0. The summed E-state index contributed by atoms with van der Waals surface area (Å²) in [4.78, 5) is 16.2. The first-order chi connectivity index (χ1) is 9.16. The summed E-state index contributed by atoms with van der Waals surface area (Å²) in [5.74, 6) is 0.0709. The minimum Gasteiger partial charge on any atom is -0.340 e. The number of hydrogen-bond acceptors (Lipinski definition) is 3. The van der Waals surface area contributed by atoms with Crippen molar-refractivity contribution in [3.05, 3.63) is 35.9 Å². The molecule has 0 radical (unpaired) electrons. The average Bonchev–Trinajstić information content (AvgIpc) is 2.64. The molecule has 1 saturated heterocycles. The number of benzene rings is 1. The molecule has 1 heterocycles. The van der Waals surface area contributed by atoms with Crippen molar-refractivity contribution >= 4 is 30.7 Å². The fraction of sp³-hybridized carbons (Fsp3) is 0.533. The van der Waals surface area contributed by atoms with Gasteiger partial charge in [0.25, 0.3) is 0 Å². The van der Waals surface area contributed by atoms with Gasteiger partial charge < -0.3 is 10.6 Å². The Morgan fingerprint density at radius 3 is 2.43 bits per heavy atom. The average molecular weight is 334 g/mol. The van der Waals surface area contributed by atoms with E-state index >= 15 is 0 Å². The molecule has 1 aliphatic heterocycles. The van der Waals surface area contributed by atoms with E-state index in [0.717, 1.165) is 39.1 Å². The molecule has 0 saturated carbocycles. The molecule has 21 heavy (non-hydrogen) atoms. The van der Waals surface area contributed by atoms with Gasteiger partial charge >= 0.3 is 0 Å². The van der Waals surface area contributed by atoms with E-state index in [4.69, 9.17) is 5.73 Å². The third-order valence-corrected chi connectivity index (χ3v) is 3.54. The van der Waals surface area contributed by atoms with Crippen LogP contribution in [0.1, 0.15) is 18.9 Å². The summed E-state index contributed by atoms with van der Waals surface area (Å²) in [7, 11) is 0. The quantitative estimate of drug-likeness (QED) is 0.919. The number of nitrogens with two attached hydrogens (primary N) is 1. The molecule has 0 spiro atoms. The second-order valence-electron chi connectivity index (χ2n) is 5.23. The van der Waals surface area contributed by atoms with E-state index in [0.29, 0.717) is 0 Å². The Bertz CT molecular complexity index is 415. The van der Waals surface area contributed by atoms with E-state index in [9.17, 15) is 4.79 Å². The molecule has 120 valence electrons. The predicted molar refractivity (Wildman–Crippen MR) is 91.1 cm³/mol. The molecule has 1 fully saturated rings. The lowest BCUT2D eigenvalue weighted by Crippen LogP contribution is -2.43. The highest BCUT2D eigenvalue weighted by molar-refractivity contribution is 5.85. The van der Waals surface area contributed by atoms with E-state index < -0.39 is 0 Å². The van der Waals surface area contributed by atoms with E-state index in [2.05, 4.69) is 29.2 Å². The molecule has 0 bridgehead atoms. The van der Waals surface area contributed by atoms with Crippen molar-refractivity contribution in [1.29, 1.82) is 0 Å². The van der Waals surface area contributed by atoms with Crippen molar-refractivity contribution in [2.24, 2.45) is 5.73 Å². The highest BCUT2D eigenvalue weighted by atomic mass is 35.5. The van der Waals surface area contributed by atoms with Crippen molar-refractivity contribution < 1.29 is 4.79 Å². The van der Waals surface area contributed by atoms with Crippen molar-refractivity contribution in [3.63, 3.8) is 0 Å². The zero-order valence-corrected chi connectivity index (χ0v) is 14.0. The van der Waals surface area contributed by atoms with Crippen molar-refractivity contribution in [3.8, 4) is 0 Å². The van der Waals surface area contributed by atoms with E-state index in [1.807, 2.05) is 11.0 Å². The zero-order chi connectivity index (χ0) is 13.7. The van der Waals surface area contributed by atoms with Crippen molar-refractivity contribution in [1.82, 2.24) is 9.80 Å². The standard InChI is InChI=1S/C15H23N3O.2ClH/c1-13(16)15(19)18-9-5-8-17(10-11-18)12-14-6-3-2-4-7-14;;/h2-4,6-7,13H,5,8-12,16H2,1H3;2*1H/t13-;;/m0../s1. The van der Waals surface area contributed by atoms with Crippen LogP contribution in [-0.4, -0.2) is 47.9 Å². The maximum absolute atomic E-state index is 11.9. The summed E-state index contributed by atoms with van der Waals surface area (Å²) in [6.45, 7) is 6.29. The van der Waals surface area contributed by atoms with Gasteiger partial charge in [0, 0.05) is 32.7 Å². The lowest BCUT2D eigenvalue weighted by molar-refractivity contribution is -0.132. The zero-order valence-electron chi connectivity index (χ0n) is 12.4. The normalized spacial score (nSPS) is 17.1. The van der Waals surface area contributed by atoms with Gasteiger partial charge in [0.05, 0.1) is 6.04 Å². The number of halogens is 2. The summed E-state index contributed by atoms with van der Waals surface area (Å²) >= 11 is 0. The monoisotopic (exact) mass is 333 g/mol. The van der Waals surface area contributed by atoms with Crippen LogP contribution < -0.4 is 5.73 Å². The van der Waals surface area contributed by atoms with Crippen LogP contribution in [0.5, 0.6) is 0 Å². The fourth-order valence-corrected chi connectivity index (χ4v) is 2.48. The molecule has 1 amide bonds. The van der Waals surface area contributed by atoms with Crippen LogP contribution in [0, 0.1) is 0 Å². The van der Waals surface area contributed by atoms with Crippen LogP contribution in [0.15, 0.2) is 30.3 Å². The summed E-state index contributed by atoms with van der Waals surface area (Å²) in [5, 5.41) is 0. The van der Waals surface area contributed by atoms with Crippen LogP contribution in [0.3, 0.4) is 0 Å². The molecule has 0 unspecified atom stereocenters. The van der Waals surface area contributed by atoms with Crippen LogP contribution in [0.25, 0.3) is 0 Å². The largest absolute Gasteiger partial charge is 0.340 e. The minimum atomic E-state index is -0.388. The topological polar surface area (TPSA) is 49.6 Å². The van der Waals surface area contributed by atoms with Gasteiger partial charge in [0.15, 0.2) is 0 Å². The van der Waals surface area contributed by atoms with Gasteiger partial charge in [-0.25, -0.2) is 0 Å². The minimum absolute atomic E-state index is 0.